The summed E-state index contributed by atoms with van der Waals surface area (Å²) >= 11 is 0. The summed E-state index contributed by atoms with van der Waals surface area (Å²) in [7, 11) is 1.29. The Morgan fingerprint density at radius 2 is 1.42 bits per heavy atom. The van der Waals surface area contributed by atoms with E-state index in [-0.39, 0.29) is 0 Å². The van der Waals surface area contributed by atoms with Crippen molar-refractivity contribution in [3.8, 4) is 0 Å². The SMILES string of the molecule is COC(=O)c1ccc(NC(=O)COC(=O)c2ccc(C(C)C)cc2)cc1. The molecule has 0 aliphatic rings. The molecule has 0 atom stereocenters. The van der Waals surface area contributed by atoms with E-state index in [1.54, 1.807) is 24.3 Å². The predicted octanol–water partition coefficient (Wildman–Crippen LogP) is 3.39. The summed E-state index contributed by atoms with van der Waals surface area (Å²) in [4.78, 5) is 35.2. The van der Waals surface area contributed by atoms with Crippen LogP contribution in [0.3, 0.4) is 0 Å². The van der Waals surface area contributed by atoms with Gasteiger partial charge in [-0.25, -0.2) is 9.59 Å². The largest absolute Gasteiger partial charge is 0.465 e. The maximum Gasteiger partial charge on any atom is 0.338 e. The lowest BCUT2D eigenvalue weighted by atomic mass is 10.0. The molecule has 0 radical (unpaired) electrons. The third-order valence-corrected chi connectivity index (χ3v) is 3.74. The van der Waals surface area contributed by atoms with E-state index in [0.29, 0.717) is 22.7 Å². The van der Waals surface area contributed by atoms with Crippen molar-refractivity contribution in [2.24, 2.45) is 0 Å². The van der Waals surface area contributed by atoms with Crippen LogP contribution in [0.25, 0.3) is 0 Å². The van der Waals surface area contributed by atoms with Crippen molar-refractivity contribution in [3.63, 3.8) is 0 Å². The quantitative estimate of drug-likeness (QED) is 0.803. The highest BCUT2D eigenvalue weighted by Crippen LogP contribution is 2.15. The van der Waals surface area contributed by atoms with E-state index in [1.165, 1.54) is 19.2 Å². The van der Waals surface area contributed by atoms with Crippen LogP contribution >= 0.6 is 0 Å². The molecule has 1 N–H and O–H groups in total. The number of hydrogen-bond acceptors (Lipinski definition) is 5. The molecule has 6 heteroatoms. The van der Waals surface area contributed by atoms with Gasteiger partial charge in [-0.15, -0.1) is 0 Å². The first kappa shape index (κ1) is 19.2. The molecule has 0 aromatic heterocycles. The summed E-state index contributed by atoms with van der Waals surface area (Å²) in [6.07, 6.45) is 0. The maximum absolute atomic E-state index is 12.0. The van der Waals surface area contributed by atoms with E-state index >= 15 is 0 Å². The van der Waals surface area contributed by atoms with Crippen molar-refractivity contribution < 1.29 is 23.9 Å². The fraction of sp³-hybridized carbons (Fsp3) is 0.250. The molecule has 1 amide bonds. The molecule has 0 bridgehead atoms. The second-order valence-corrected chi connectivity index (χ2v) is 5.97. The number of hydrogen-bond donors (Lipinski definition) is 1. The van der Waals surface area contributed by atoms with Gasteiger partial charge in [0.2, 0.25) is 0 Å². The Hall–Kier alpha value is -3.15. The van der Waals surface area contributed by atoms with Crippen molar-refractivity contribution in [2.75, 3.05) is 19.0 Å². The number of ether oxygens (including phenoxy) is 2. The molecule has 0 heterocycles. The average molecular weight is 355 g/mol. The first-order valence-corrected chi connectivity index (χ1v) is 8.16. The fourth-order valence-electron chi connectivity index (χ4n) is 2.22. The van der Waals surface area contributed by atoms with Crippen molar-refractivity contribution in [1.82, 2.24) is 0 Å². The zero-order valence-electron chi connectivity index (χ0n) is 14.9. The van der Waals surface area contributed by atoms with Gasteiger partial charge in [0.1, 0.15) is 0 Å². The molecule has 0 unspecified atom stereocenters. The lowest BCUT2D eigenvalue weighted by molar-refractivity contribution is -0.119. The van der Waals surface area contributed by atoms with Crippen molar-refractivity contribution in [3.05, 3.63) is 65.2 Å². The number of carbonyl (C=O) groups is 3. The third-order valence-electron chi connectivity index (χ3n) is 3.74. The Bertz CT molecular complexity index is 779. The van der Waals surface area contributed by atoms with Crippen LogP contribution in [0.4, 0.5) is 5.69 Å². The highest BCUT2D eigenvalue weighted by molar-refractivity contribution is 5.96. The van der Waals surface area contributed by atoms with Crippen LogP contribution in [0.5, 0.6) is 0 Å². The van der Waals surface area contributed by atoms with Crippen molar-refractivity contribution >= 4 is 23.5 Å². The van der Waals surface area contributed by atoms with E-state index in [2.05, 4.69) is 23.9 Å². The summed E-state index contributed by atoms with van der Waals surface area (Å²) in [5, 5.41) is 2.59. The van der Waals surface area contributed by atoms with Gasteiger partial charge in [0.15, 0.2) is 6.61 Å². The van der Waals surface area contributed by atoms with E-state index in [4.69, 9.17) is 4.74 Å². The molecule has 0 spiro atoms. The number of methoxy groups -OCH3 is 1. The standard InChI is InChI=1S/C20H21NO5/c1-13(2)14-4-6-16(7-5-14)20(24)26-12-18(22)21-17-10-8-15(9-11-17)19(23)25-3/h4-11,13H,12H2,1-3H3,(H,21,22). The molecule has 0 fully saturated rings. The smallest absolute Gasteiger partial charge is 0.338 e. The first-order chi connectivity index (χ1) is 12.4. The average Bonchev–Trinajstić information content (AvgIpc) is 2.66. The van der Waals surface area contributed by atoms with Crippen LogP contribution in [-0.2, 0) is 14.3 Å². The van der Waals surface area contributed by atoms with Crippen molar-refractivity contribution in [1.29, 1.82) is 0 Å². The number of anilines is 1. The highest BCUT2D eigenvalue weighted by atomic mass is 16.5. The van der Waals surface area contributed by atoms with Crippen molar-refractivity contribution in [2.45, 2.75) is 19.8 Å². The molecular formula is C20H21NO5. The number of benzene rings is 2. The molecule has 2 rings (SSSR count). The minimum Gasteiger partial charge on any atom is -0.465 e. The number of rotatable bonds is 6. The van der Waals surface area contributed by atoms with Crippen LogP contribution in [0.1, 0.15) is 46.0 Å². The first-order valence-electron chi connectivity index (χ1n) is 8.16. The van der Waals surface area contributed by atoms with Crippen LogP contribution in [-0.4, -0.2) is 31.6 Å². The van der Waals surface area contributed by atoms with Gasteiger partial charge < -0.3 is 14.8 Å². The Labute approximate surface area is 152 Å². The van der Waals surface area contributed by atoms with Gasteiger partial charge in [-0.05, 0) is 47.9 Å². The summed E-state index contributed by atoms with van der Waals surface area (Å²) in [6.45, 7) is 3.73. The second-order valence-electron chi connectivity index (χ2n) is 5.97. The number of nitrogens with one attached hydrogen (secondary N) is 1. The van der Waals surface area contributed by atoms with Crippen LogP contribution < -0.4 is 5.32 Å². The van der Waals surface area contributed by atoms with Gasteiger partial charge in [-0.1, -0.05) is 26.0 Å². The van der Waals surface area contributed by atoms with Gasteiger partial charge in [-0.2, -0.15) is 0 Å². The molecule has 0 aliphatic heterocycles. The van der Waals surface area contributed by atoms with E-state index in [0.717, 1.165) is 5.56 Å². The zero-order valence-corrected chi connectivity index (χ0v) is 14.9. The van der Waals surface area contributed by atoms with Gasteiger partial charge in [0.25, 0.3) is 5.91 Å². The topological polar surface area (TPSA) is 81.7 Å². The minimum atomic E-state index is -0.559. The second kappa shape index (κ2) is 8.80. The minimum absolute atomic E-state index is 0.372. The van der Waals surface area contributed by atoms with Gasteiger partial charge in [-0.3, -0.25) is 4.79 Å². The summed E-state index contributed by atoms with van der Waals surface area (Å²) in [5.74, 6) is -1.11. The van der Waals surface area contributed by atoms with Gasteiger partial charge >= 0.3 is 11.9 Å². The van der Waals surface area contributed by atoms with Gasteiger partial charge in [0.05, 0.1) is 18.2 Å². The molecule has 0 saturated heterocycles. The Morgan fingerprint density at radius 3 is 1.96 bits per heavy atom. The zero-order chi connectivity index (χ0) is 19.1. The Kier molecular flexibility index (Phi) is 6.49. The number of carbonyl (C=O) groups excluding carboxylic acids is 3. The molecule has 26 heavy (non-hydrogen) atoms. The van der Waals surface area contributed by atoms with Crippen LogP contribution in [0, 0.1) is 0 Å². The van der Waals surface area contributed by atoms with E-state index in [9.17, 15) is 14.4 Å². The molecule has 6 nitrogen and oxygen atoms in total. The summed E-state index contributed by atoms with van der Waals surface area (Å²) in [6, 6.07) is 13.3. The fourth-order valence-corrected chi connectivity index (χ4v) is 2.22. The Balaban J connectivity index is 1.86. The van der Waals surface area contributed by atoms with Crippen LogP contribution in [0.2, 0.25) is 0 Å². The predicted molar refractivity (Wildman–Crippen MR) is 97.2 cm³/mol. The molecule has 2 aromatic carbocycles. The lowest BCUT2D eigenvalue weighted by Crippen LogP contribution is -2.21. The third kappa shape index (κ3) is 5.17. The lowest BCUT2D eigenvalue weighted by Gasteiger charge is -2.08. The molecule has 0 saturated carbocycles. The Morgan fingerprint density at radius 1 is 0.885 bits per heavy atom. The number of esters is 2. The number of amides is 1. The van der Waals surface area contributed by atoms with E-state index in [1.807, 2.05) is 12.1 Å². The normalized spacial score (nSPS) is 10.3. The maximum atomic E-state index is 12.0. The highest BCUT2D eigenvalue weighted by Gasteiger charge is 2.11. The molecule has 2 aromatic rings. The van der Waals surface area contributed by atoms with Gasteiger partial charge in [0, 0.05) is 5.69 Å². The summed E-state index contributed by atoms with van der Waals surface area (Å²) < 4.78 is 9.62. The van der Waals surface area contributed by atoms with E-state index < -0.39 is 24.5 Å². The summed E-state index contributed by atoms with van der Waals surface area (Å²) in [5.41, 5.74) is 2.38. The molecular weight excluding hydrogens is 334 g/mol. The van der Waals surface area contributed by atoms with Crippen LogP contribution in [0.15, 0.2) is 48.5 Å². The monoisotopic (exact) mass is 355 g/mol. The molecule has 136 valence electrons. The molecule has 0 aliphatic carbocycles.